The van der Waals surface area contributed by atoms with E-state index < -0.39 is 12.5 Å². The minimum Gasteiger partial charge on any atom is -0.496 e. The van der Waals surface area contributed by atoms with Gasteiger partial charge in [0.15, 0.2) is 0 Å². The molecule has 1 aromatic rings. The monoisotopic (exact) mass is 300 g/mol. The molecule has 2 rings (SSSR count). The van der Waals surface area contributed by atoms with Crippen molar-refractivity contribution < 1.29 is 18.3 Å². The predicted molar refractivity (Wildman–Crippen MR) is 77.5 cm³/mol. The van der Waals surface area contributed by atoms with Crippen LogP contribution in [-0.2, 0) is 0 Å². The number of nitrogens with one attached hydrogen (secondary N) is 1. The third-order valence-corrected chi connectivity index (χ3v) is 3.77. The van der Waals surface area contributed by atoms with Crippen molar-refractivity contribution in [3.63, 3.8) is 0 Å². The van der Waals surface area contributed by atoms with Gasteiger partial charge >= 0.3 is 0 Å². The van der Waals surface area contributed by atoms with E-state index in [0.717, 1.165) is 5.56 Å². The van der Waals surface area contributed by atoms with Crippen LogP contribution >= 0.6 is 0 Å². The molecular weight excluding hydrogens is 278 g/mol. The molecule has 118 valence electrons. The minimum atomic E-state index is -2.51. The summed E-state index contributed by atoms with van der Waals surface area (Å²) in [5.74, 6) is 0.909. The highest BCUT2D eigenvalue weighted by Crippen LogP contribution is 2.41. The quantitative estimate of drug-likeness (QED) is 0.904. The first-order chi connectivity index (χ1) is 10.1. The second-order valence-corrected chi connectivity index (χ2v) is 5.15. The van der Waals surface area contributed by atoms with Crippen molar-refractivity contribution in [1.82, 2.24) is 10.2 Å². The summed E-state index contributed by atoms with van der Waals surface area (Å²) in [5, 5.41) is 3.18. The van der Waals surface area contributed by atoms with Gasteiger partial charge in [-0.3, -0.25) is 4.90 Å². The Hall–Kier alpha value is -1.40. The zero-order valence-corrected chi connectivity index (χ0v) is 12.7. The maximum Gasteiger partial charge on any atom is 0.258 e. The number of hydrogen-bond donors (Lipinski definition) is 1. The Bertz CT molecular complexity index is 452. The zero-order valence-electron chi connectivity index (χ0n) is 12.7. The average Bonchev–Trinajstić information content (AvgIpc) is 2.49. The number of halogens is 2. The van der Waals surface area contributed by atoms with E-state index in [1.54, 1.807) is 17.0 Å². The van der Waals surface area contributed by atoms with E-state index in [1.165, 1.54) is 14.2 Å². The Morgan fingerprint density at radius 1 is 1.10 bits per heavy atom. The summed E-state index contributed by atoms with van der Waals surface area (Å²) in [7, 11) is 3.00. The van der Waals surface area contributed by atoms with E-state index in [2.05, 4.69) is 5.32 Å². The first-order valence-electron chi connectivity index (χ1n) is 7.04. The molecule has 0 unspecified atom stereocenters. The summed E-state index contributed by atoms with van der Waals surface area (Å²) < 4.78 is 38.1. The first kappa shape index (κ1) is 16.0. The predicted octanol–water partition coefficient (Wildman–Crippen LogP) is 2.22. The van der Waals surface area contributed by atoms with Crippen LogP contribution in [0.3, 0.4) is 0 Å². The molecular formula is C15H22F2N2O2. The maximum atomic E-state index is 13.7. The molecule has 0 aromatic heterocycles. The Balaban J connectivity index is 2.48. The first-order valence-corrected chi connectivity index (χ1v) is 7.04. The van der Waals surface area contributed by atoms with Crippen LogP contribution in [0.4, 0.5) is 8.78 Å². The summed E-state index contributed by atoms with van der Waals surface area (Å²) in [6, 6.07) is 2.53. The van der Waals surface area contributed by atoms with Gasteiger partial charge in [-0.25, -0.2) is 8.78 Å². The van der Waals surface area contributed by atoms with E-state index in [0.29, 0.717) is 43.2 Å². The summed E-state index contributed by atoms with van der Waals surface area (Å²) in [6.45, 7) is 4.46. The molecule has 1 saturated heterocycles. The molecule has 1 fully saturated rings. The van der Waals surface area contributed by atoms with Crippen molar-refractivity contribution in [3.8, 4) is 11.5 Å². The molecule has 0 bridgehead atoms. The smallest absolute Gasteiger partial charge is 0.258 e. The van der Waals surface area contributed by atoms with Crippen LogP contribution in [0.2, 0.25) is 0 Å². The molecule has 1 aliphatic heterocycles. The highest BCUT2D eigenvalue weighted by atomic mass is 19.3. The van der Waals surface area contributed by atoms with Crippen LogP contribution in [0, 0.1) is 6.92 Å². The van der Waals surface area contributed by atoms with Crippen LogP contribution < -0.4 is 14.8 Å². The van der Waals surface area contributed by atoms with Gasteiger partial charge in [0.25, 0.3) is 6.43 Å². The van der Waals surface area contributed by atoms with Gasteiger partial charge in [0.1, 0.15) is 17.5 Å². The van der Waals surface area contributed by atoms with Gasteiger partial charge in [-0.2, -0.15) is 0 Å². The van der Waals surface area contributed by atoms with Gasteiger partial charge < -0.3 is 14.8 Å². The molecule has 0 amide bonds. The van der Waals surface area contributed by atoms with E-state index in [1.807, 2.05) is 6.92 Å². The molecule has 0 aliphatic carbocycles. The fraction of sp³-hybridized carbons (Fsp3) is 0.600. The van der Waals surface area contributed by atoms with Crippen LogP contribution in [0.25, 0.3) is 0 Å². The van der Waals surface area contributed by atoms with Gasteiger partial charge in [0.05, 0.1) is 19.8 Å². The Morgan fingerprint density at radius 2 is 1.62 bits per heavy atom. The summed E-state index contributed by atoms with van der Waals surface area (Å²) in [6.07, 6.45) is -2.51. The molecule has 1 atom stereocenters. The summed E-state index contributed by atoms with van der Waals surface area (Å²) >= 11 is 0. The minimum absolute atomic E-state index is 0.433. The lowest BCUT2D eigenvalue weighted by atomic mass is 10.00. The average molecular weight is 300 g/mol. The summed E-state index contributed by atoms with van der Waals surface area (Å²) in [4.78, 5) is 1.79. The molecule has 6 heteroatoms. The van der Waals surface area contributed by atoms with Crippen LogP contribution in [-0.4, -0.2) is 51.7 Å². The number of methoxy groups -OCH3 is 2. The van der Waals surface area contributed by atoms with Crippen molar-refractivity contribution in [2.75, 3.05) is 40.4 Å². The standard InChI is InChI=1S/C15H22F2N2O2/c1-10-8-11(20-2)13(12(9-10)21-3)14(15(16)17)19-6-4-18-5-7-19/h8-9,14-15,18H,4-7H2,1-3H3/t14-/m0/s1. The molecule has 1 N–H and O–H groups in total. The number of nitrogens with zero attached hydrogens (tertiary/aromatic N) is 1. The molecule has 1 heterocycles. The fourth-order valence-corrected chi connectivity index (χ4v) is 2.79. The third-order valence-electron chi connectivity index (χ3n) is 3.77. The van der Waals surface area contributed by atoms with E-state index >= 15 is 0 Å². The molecule has 0 saturated carbocycles. The normalized spacial score (nSPS) is 17.8. The Morgan fingerprint density at radius 3 is 2.05 bits per heavy atom. The zero-order chi connectivity index (χ0) is 15.4. The number of piperazine rings is 1. The van der Waals surface area contributed by atoms with E-state index in [4.69, 9.17) is 9.47 Å². The van der Waals surface area contributed by atoms with Crippen molar-refractivity contribution >= 4 is 0 Å². The fourth-order valence-electron chi connectivity index (χ4n) is 2.79. The van der Waals surface area contributed by atoms with Crippen LogP contribution in [0.15, 0.2) is 12.1 Å². The molecule has 0 radical (unpaired) electrons. The number of ether oxygens (including phenoxy) is 2. The topological polar surface area (TPSA) is 33.7 Å². The van der Waals surface area contributed by atoms with Crippen molar-refractivity contribution in [2.24, 2.45) is 0 Å². The van der Waals surface area contributed by atoms with Gasteiger partial charge in [0.2, 0.25) is 0 Å². The highest BCUT2D eigenvalue weighted by Gasteiger charge is 2.35. The van der Waals surface area contributed by atoms with Gasteiger partial charge in [-0.05, 0) is 24.6 Å². The Labute approximate surface area is 124 Å². The lowest BCUT2D eigenvalue weighted by Crippen LogP contribution is -2.47. The Kier molecular flexibility index (Phi) is 5.36. The number of hydrogen-bond acceptors (Lipinski definition) is 4. The number of aryl methyl sites for hydroxylation is 1. The lowest BCUT2D eigenvalue weighted by molar-refractivity contribution is 0.0158. The van der Waals surface area contributed by atoms with Crippen molar-refractivity contribution in [3.05, 3.63) is 23.3 Å². The largest absolute Gasteiger partial charge is 0.496 e. The SMILES string of the molecule is COc1cc(C)cc(OC)c1[C@@H](C(F)F)N1CCNCC1. The number of alkyl halides is 2. The second-order valence-electron chi connectivity index (χ2n) is 5.15. The molecule has 1 aliphatic rings. The van der Waals surface area contributed by atoms with Gasteiger partial charge in [-0.1, -0.05) is 0 Å². The molecule has 1 aromatic carbocycles. The second kappa shape index (κ2) is 7.04. The van der Waals surface area contributed by atoms with Crippen molar-refractivity contribution in [2.45, 2.75) is 19.4 Å². The van der Waals surface area contributed by atoms with Crippen LogP contribution in [0.5, 0.6) is 11.5 Å². The molecule has 21 heavy (non-hydrogen) atoms. The van der Waals surface area contributed by atoms with Gasteiger partial charge in [-0.15, -0.1) is 0 Å². The van der Waals surface area contributed by atoms with E-state index in [-0.39, 0.29) is 0 Å². The van der Waals surface area contributed by atoms with E-state index in [9.17, 15) is 8.78 Å². The maximum absolute atomic E-state index is 13.7. The molecule has 0 spiro atoms. The summed E-state index contributed by atoms with van der Waals surface area (Å²) in [5.41, 5.74) is 1.35. The van der Waals surface area contributed by atoms with Crippen molar-refractivity contribution in [1.29, 1.82) is 0 Å². The van der Waals surface area contributed by atoms with Gasteiger partial charge in [0, 0.05) is 26.2 Å². The molecule has 4 nitrogen and oxygen atoms in total. The highest BCUT2D eigenvalue weighted by molar-refractivity contribution is 5.50. The lowest BCUT2D eigenvalue weighted by Gasteiger charge is -2.35. The number of rotatable bonds is 5. The third kappa shape index (κ3) is 3.44. The number of benzene rings is 1. The van der Waals surface area contributed by atoms with Crippen LogP contribution in [0.1, 0.15) is 17.2 Å².